The first-order chi connectivity index (χ1) is 12.9. The Morgan fingerprint density at radius 1 is 1.22 bits per heavy atom. The number of aromatic nitrogens is 1. The highest BCUT2D eigenvalue weighted by atomic mass is 19.1. The number of esters is 1. The molecule has 0 fully saturated rings. The summed E-state index contributed by atoms with van der Waals surface area (Å²) in [5.74, 6) is -2.85. The monoisotopic (exact) mass is 376 g/mol. The Hall–Kier alpha value is -2.83. The van der Waals surface area contributed by atoms with Gasteiger partial charge in [0, 0.05) is 30.8 Å². The van der Waals surface area contributed by atoms with Gasteiger partial charge in [-0.15, -0.1) is 0 Å². The van der Waals surface area contributed by atoms with Crippen molar-refractivity contribution in [3.05, 3.63) is 65.5 Å². The molecule has 1 aromatic heterocycles. The van der Waals surface area contributed by atoms with Crippen molar-refractivity contribution in [2.75, 3.05) is 6.61 Å². The molecule has 1 N–H and O–H groups in total. The minimum Gasteiger partial charge on any atom is -0.464 e. The Kier molecular flexibility index (Phi) is 7.40. The van der Waals surface area contributed by atoms with E-state index in [0.29, 0.717) is 5.69 Å². The first-order valence-corrected chi connectivity index (χ1v) is 8.71. The molecular formula is C20H22F2N2O3. The van der Waals surface area contributed by atoms with Crippen LogP contribution in [0.5, 0.6) is 0 Å². The molecule has 5 nitrogen and oxygen atoms in total. The van der Waals surface area contributed by atoms with Crippen molar-refractivity contribution in [1.29, 1.82) is 0 Å². The van der Waals surface area contributed by atoms with Gasteiger partial charge >= 0.3 is 5.97 Å². The van der Waals surface area contributed by atoms with Gasteiger partial charge in [-0.2, -0.15) is 0 Å². The molecule has 0 aliphatic heterocycles. The van der Waals surface area contributed by atoms with Gasteiger partial charge in [0.25, 0.3) is 0 Å². The number of rotatable bonds is 8. The lowest BCUT2D eigenvalue weighted by Gasteiger charge is -2.19. The molecule has 0 saturated heterocycles. The number of ether oxygens (including phenoxy) is 1. The maximum atomic E-state index is 13.9. The summed E-state index contributed by atoms with van der Waals surface area (Å²) in [5.41, 5.74) is 0.873. The Morgan fingerprint density at radius 3 is 2.63 bits per heavy atom. The molecule has 144 valence electrons. The average molecular weight is 376 g/mol. The van der Waals surface area contributed by atoms with E-state index in [-0.39, 0.29) is 25.0 Å². The molecule has 2 rings (SSSR count). The van der Waals surface area contributed by atoms with Crippen molar-refractivity contribution < 1.29 is 23.1 Å². The zero-order valence-electron chi connectivity index (χ0n) is 15.2. The molecule has 0 unspecified atom stereocenters. The Bertz CT molecular complexity index is 784. The zero-order chi connectivity index (χ0) is 19.8. The molecule has 1 amide bonds. The second-order valence-electron chi connectivity index (χ2n) is 6.17. The molecule has 0 radical (unpaired) electrons. The number of benzene rings is 1. The van der Waals surface area contributed by atoms with Crippen LogP contribution < -0.4 is 5.32 Å². The largest absolute Gasteiger partial charge is 0.464 e. The molecule has 0 aliphatic carbocycles. The number of carbonyl (C=O) groups excluding carboxylic acids is 2. The zero-order valence-corrected chi connectivity index (χ0v) is 15.2. The van der Waals surface area contributed by atoms with Gasteiger partial charge in [-0.25, -0.2) is 13.6 Å². The van der Waals surface area contributed by atoms with Gasteiger partial charge in [0.2, 0.25) is 5.91 Å². The van der Waals surface area contributed by atoms with Crippen LogP contribution >= 0.6 is 0 Å². The van der Waals surface area contributed by atoms with E-state index in [9.17, 15) is 18.4 Å². The number of pyridine rings is 1. The number of amides is 1. The summed E-state index contributed by atoms with van der Waals surface area (Å²) in [6, 6.07) is 7.64. The summed E-state index contributed by atoms with van der Waals surface area (Å²) in [4.78, 5) is 28.7. The predicted octanol–water partition coefficient (Wildman–Crippen LogP) is 3.14. The quantitative estimate of drug-likeness (QED) is 0.719. The van der Waals surface area contributed by atoms with Crippen LogP contribution in [0.25, 0.3) is 0 Å². The fraction of sp³-hybridized carbons (Fsp3) is 0.350. The number of hydrogen-bond acceptors (Lipinski definition) is 4. The van der Waals surface area contributed by atoms with E-state index >= 15 is 0 Å². The molecule has 0 aliphatic rings. The first kappa shape index (κ1) is 20.5. The Balaban J connectivity index is 2.04. The van der Waals surface area contributed by atoms with Gasteiger partial charge in [0.05, 0.1) is 6.61 Å². The van der Waals surface area contributed by atoms with Crippen molar-refractivity contribution in [2.24, 2.45) is 0 Å². The summed E-state index contributed by atoms with van der Waals surface area (Å²) in [6.07, 6.45) is 1.73. The number of nitrogens with one attached hydrogen (secondary N) is 1. The van der Waals surface area contributed by atoms with Crippen LogP contribution in [0.3, 0.4) is 0 Å². The maximum absolute atomic E-state index is 13.9. The fourth-order valence-electron chi connectivity index (χ4n) is 2.71. The van der Waals surface area contributed by atoms with E-state index in [0.717, 1.165) is 12.1 Å². The molecule has 0 bridgehead atoms. The average Bonchev–Trinajstić information content (AvgIpc) is 2.62. The lowest BCUT2D eigenvalue weighted by atomic mass is 9.96. The van der Waals surface area contributed by atoms with Crippen LogP contribution in [-0.2, 0) is 20.7 Å². The number of hydrogen-bond donors (Lipinski definition) is 1. The van der Waals surface area contributed by atoms with Crippen LogP contribution in [0.2, 0.25) is 0 Å². The second kappa shape index (κ2) is 9.75. The van der Waals surface area contributed by atoms with Crippen LogP contribution in [0.4, 0.5) is 8.78 Å². The van der Waals surface area contributed by atoms with Gasteiger partial charge < -0.3 is 10.1 Å². The van der Waals surface area contributed by atoms with Crippen LogP contribution in [-0.4, -0.2) is 29.5 Å². The van der Waals surface area contributed by atoms with E-state index in [2.05, 4.69) is 10.3 Å². The molecular weight excluding hydrogens is 354 g/mol. The highest BCUT2D eigenvalue weighted by molar-refractivity contribution is 5.85. The van der Waals surface area contributed by atoms with Gasteiger partial charge in [0.15, 0.2) is 0 Å². The van der Waals surface area contributed by atoms with Crippen LogP contribution in [0.1, 0.15) is 37.4 Å². The standard InChI is InChI=1S/C20H22F2N2O3/c1-3-27-20(26)18(12-15-6-4-5-9-23-15)24-19(25)10-13(2)16-8-7-14(21)11-17(16)22/h4-9,11,13,18H,3,10,12H2,1-2H3,(H,24,25)/t13-,18+/m0/s1. The summed E-state index contributed by atoms with van der Waals surface area (Å²) in [7, 11) is 0. The van der Waals surface area contributed by atoms with E-state index in [1.165, 1.54) is 6.07 Å². The molecule has 2 atom stereocenters. The van der Waals surface area contributed by atoms with E-state index in [4.69, 9.17) is 4.74 Å². The highest BCUT2D eigenvalue weighted by Gasteiger charge is 2.24. The third-order valence-electron chi connectivity index (χ3n) is 4.03. The SMILES string of the molecule is CCOC(=O)[C@@H](Cc1ccccn1)NC(=O)C[C@H](C)c1ccc(F)cc1F. The van der Waals surface area contributed by atoms with Gasteiger partial charge in [0.1, 0.15) is 17.7 Å². The number of halogens is 2. The Morgan fingerprint density at radius 2 is 2.00 bits per heavy atom. The van der Waals surface area contributed by atoms with Crippen molar-refractivity contribution in [3.63, 3.8) is 0 Å². The molecule has 0 spiro atoms. The van der Waals surface area contributed by atoms with Crippen LogP contribution in [0.15, 0.2) is 42.6 Å². The smallest absolute Gasteiger partial charge is 0.329 e. The fourth-order valence-corrected chi connectivity index (χ4v) is 2.71. The lowest BCUT2D eigenvalue weighted by Crippen LogP contribution is -2.43. The first-order valence-electron chi connectivity index (χ1n) is 8.71. The van der Waals surface area contributed by atoms with E-state index in [1.54, 1.807) is 38.2 Å². The summed E-state index contributed by atoms with van der Waals surface area (Å²) in [5, 5.41) is 2.63. The molecule has 0 saturated carbocycles. The van der Waals surface area contributed by atoms with E-state index in [1.807, 2.05) is 0 Å². The minimum atomic E-state index is -0.891. The maximum Gasteiger partial charge on any atom is 0.329 e. The van der Waals surface area contributed by atoms with Crippen molar-refractivity contribution >= 4 is 11.9 Å². The summed E-state index contributed by atoms with van der Waals surface area (Å²) < 4.78 is 31.9. The molecule has 1 aromatic carbocycles. The number of carbonyl (C=O) groups is 2. The van der Waals surface area contributed by atoms with Crippen molar-refractivity contribution in [3.8, 4) is 0 Å². The number of nitrogens with zero attached hydrogens (tertiary/aromatic N) is 1. The third kappa shape index (κ3) is 6.13. The molecule has 1 heterocycles. The van der Waals surface area contributed by atoms with Gasteiger partial charge in [-0.1, -0.05) is 19.1 Å². The minimum absolute atomic E-state index is 0.0549. The van der Waals surface area contributed by atoms with Gasteiger partial charge in [-0.05, 0) is 36.6 Å². The highest BCUT2D eigenvalue weighted by Crippen LogP contribution is 2.22. The van der Waals surface area contributed by atoms with Crippen molar-refractivity contribution in [1.82, 2.24) is 10.3 Å². The normalized spacial score (nSPS) is 12.9. The van der Waals surface area contributed by atoms with Crippen molar-refractivity contribution in [2.45, 2.75) is 38.6 Å². The van der Waals surface area contributed by atoms with Gasteiger partial charge in [-0.3, -0.25) is 9.78 Å². The lowest BCUT2D eigenvalue weighted by molar-refractivity contribution is -0.147. The second-order valence-corrected chi connectivity index (χ2v) is 6.17. The van der Waals surface area contributed by atoms with E-state index < -0.39 is 35.5 Å². The Labute approximate surface area is 156 Å². The predicted molar refractivity (Wildman–Crippen MR) is 95.9 cm³/mol. The third-order valence-corrected chi connectivity index (χ3v) is 4.03. The van der Waals surface area contributed by atoms with Crippen LogP contribution in [0, 0.1) is 11.6 Å². The molecule has 2 aromatic rings. The summed E-state index contributed by atoms with van der Waals surface area (Å²) in [6.45, 7) is 3.52. The summed E-state index contributed by atoms with van der Waals surface area (Å²) >= 11 is 0. The molecule has 7 heteroatoms. The topological polar surface area (TPSA) is 68.3 Å². The molecule has 27 heavy (non-hydrogen) atoms.